The molecule has 0 aromatic rings. The van der Waals surface area contributed by atoms with E-state index in [2.05, 4.69) is 6.92 Å². The largest absolute Gasteiger partial charge is 0.481 e. The topological polar surface area (TPSA) is 94.8 Å². The second-order valence-corrected chi connectivity index (χ2v) is 7.58. The summed E-state index contributed by atoms with van der Waals surface area (Å²) < 4.78 is 0. The standard InChI is InChI=1S/C20H36O5/c1-2-3-6-9-15(21)12-13-17-16(18(22)14-19(17)23)10-7-4-5-8-11-20(24)25/h15-17,19,21,23H,2-14H2,1H3,(H,24,25)/t15-,16-,17-,19-/m1/s1. The number of carbonyl (C=O) groups excluding carboxylic acids is 1. The van der Waals surface area contributed by atoms with Crippen molar-refractivity contribution in [3.05, 3.63) is 0 Å². The number of Topliss-reactive ketones (excluding diaryl/α,β-unsaturated/α-hetero) is 1. The van der Waals surface area contributed by atoms with E-state index in [0.29, 0.717) is 19.3 Å². The third kappa shape index (κ3) is 8.82. The molecule has 0 spiro atoms. The average Bonchev–Trinajstić information content (AvgIpc) is 2.82. The van der Waals surface area contributed by atoms with Gasteiger partial charge >= 0.3 is 5.97 Å². The molecule has 0 bridgehead atoms. The Morgan fingerprint density at radius 2 is 1.80 bits per heavy atom. The number of rotatable bonds is 14. The maximum Gasteiger partial charge on any atom is 0.303 e. The highest BCUT2D eigenvalue weighted by atomic mass is 16.4. The van der Waals surface area contributed by atoms with E-state index < -0.39 is 12.1 Å². The van der Waals surface area contributed by atoms with Gasteiger partial charge in [-0.1, -0.05) is 45.4 Å². The molecule has 1 aliphatic rings. The quantitative estimate of drug-likeness (QED) is 0.413. The smallest absolute Gasteiger partial charge is 0.303 e. The molecule has 0 radical (unpaired) electrons. The Morgan fingerprint density at radius 3 is 2.48 bits per heavy atom. The summed E-state index contributed by atoms with van der Waals surface area (Å²) in [6.07, 6.45) is 9.21. The van der Waals surface area contributed by atoms with E-state index in [9.17, 15) is 19.8 Å². The molecule has 146 valence electrons. The predicted octanol–water partition coefficient (Wildman–Crippen LogP) is 3.70. The number of carboxylic acids is 1. The number of aliphatic hydroxyl groups is 2. The number of carboxylic acid groups (broad SMARTS) is 1. The minimum Gasteiger partial charge on any atom is -0.481 e. The maximum absolute atomic E-state index is 12.2. The molecule has 1 saturated carbocycles. The number of hydrogen-bond acceptors (Lipinski definition) is 4. The summed E-state index contributed by atoms with van der Waals surface area (Å²) in [6.45, 7) is 2.14. The Hall–Kier alpha value is -0.940. The van der Waals surface area contributed by atoms with Gasteiger partial charge in [0, 0.05) is 18.8 Å². The van der Waals surface area contributed by atoms with Gasteiger partial charge in [0.05, 0.1) is 12.2 Å². The van der Waals surface area contributed by atoms with Gasteiger partial charge in [-0.25, -0.2) is 0 Å². The zero-order valence-electron chi connectivity index (χ0n) is 15.7. The highest BCUT2D eigenvalue weighted by molar-refractivity contribution is 5.84. The molecule has 0 heterocycles. The second-order valence-electron chi connectivity index (χ2n) is 7.58. The summed E-state index contributed by atoms with van der Waals surface area (Å²) in [6, 6.07) is 0. The van der Waals surface area contributed by atoms with Crippen molar-refractivity contribution in [2.75, 3.05) is 0 Å². The van der Waals surface area contributed by atoms with Crippen LogP contribution in [0.25, 0.3) is 0 Å². The second kappa shape index (κ2) is 12.4. The molecule has 0 aliphatic heterocycles. The van der Waals surface area contributed by atoms with Crippen LogP contribution >= 0.6 is 0 Å². The molecular weight excluding hydrogens is 320 g/mol. The summed E-state index contributed by atoms with van der Waals surface area (Å²) in [7, 11) is 0. The summed E-state index contributed by atoms with van der Waals surface area (Å²) >= 11 is 0. The van der Waals surface area contributed by atoms with Gasteiger partial charge in [0.25, 0.3) is 0 Å². The van der Waals surface area contributed by atoms with Gasteiger partial charge in [0.2, 0.25) is 0 Å². The monoisotopic (exact) mass is 356 g/mol. The first kappa shape index (κ1) is 22.1. The van der Waals surface area contributed by atoms with Crippen molar-refractivity contribution >= 4 is 11.8 Å². The van der Waals surface area contributed by atoms with E-state index in [-0.39, 0.29) is 36.6 Å². The van der Waals surface area contributed by atoms with Crippen molar-refractivity contribution in [3.63, 3.8) is 0 Å². The molecule has 3 N–H and O–H groups in total. The minimum absolute atomic E-state index is 0.0210. The lowest BCUT2D eigenvalue weighted by molar-refractivity contribution is -0.137. The predicted molar refractivity (Wildman–Crippen MR) is 97.3 cm³/mol. The Labute approximate surface area is 151 Å². The molecule has 0 saturated heterocycles. The number of unbranched alkanes of at least 4 members (excludes halogenated alkanes) is 5. The van der Waals surface area contributed by atoms with Gasteiger partial charge in [-0.2, -0.15) is 0 Å². The van der Waals surface area contributed by atoms with Gasteiger partial charge in [0.1, 0.15) is 5.78 Å². The van der Waals surface area contributed by atoms with E-state index in [0.717, 1.165) is 51.4 Å². The van der Waals surface area contributed by atoms with Crippen LogP contribution in [0, 0.1) is 11.8 Å². The molecule has 0 amide bonds. The van der Waals surface area contributed by atoms with Gasteiger partial charge in [-0.05, 0) is 38.0 Å². The molecule has 5 heteroatoms. The van der Waals surface area contributed by atoms with Crippen molar-refractivity contribution < 1.29 is 24.9 Å². The van der Waals surface area contributed by atoms with Gasteiger partial charge in [-0.15, -0.1) is 0 Å². The zero-order valence-corrected chi connectivity index (χ0v) is 15.7. The fourth-order valence-corrected chi connectivity index (χ4v) is 3.94. The van der Waals surface area contributed by atoms with Crippen LogP contribution in [0.4, 0.5) is 0 Å². The number of ketones is 1. The van der Waals surface area contributed by atoms with Crippen molar-refractivity contribution in [1.82, 2.24) is 0 Å². The number of hydrogen-bond donors (Lipinski definition) is 3. The Balaban J connectivity index is 2.30. The normalized spacial score (nSPS) is 24.6. The third-order valence-corrected chi connectivity index (χ3v) is 5.46. The van der Waals surface area contributed by atoms with E-state index in [4.69, 9.17) is 5.11 Å². The van der Waals surface area contributed by atoms with Crippen molar-refractivity contribution in [3.8, 4) is 0 Å². The van der Waals surface area contributed by atoms with Crippen LogP contribution < -0.4 is 0 Å². The molecule has 0 aromatic heterocycles. The third-order valence-electron chi connectivity index (χ3n) is 5.46. The highest BCUT2D eigenvalue weighted by Crippen LogP contribution is 2.36. The van der Waals surface area contributed by atoms with Gasteiger partial charge in [-0.3, -0.25) is 9.59 Å². The van der Waals surface area contributed by atoms with Crippen molar-refractivity contribution in [2.45, 2.75) is 103 Å². The molecular formula is C20H36O5. The van der Waals surface area contributed by atoms with Crippen molar-refractivity contribution in [1.29, 1.82) is 0 Å². The van der Waals surface area contributed by atoms with Crippen LogP contribution in [-0.2, 0) is 9.59 Å². The van der Waals surface area contributed by atoms with E-state index in [1.54, 1.807) is 0 Å². The van der Waals surface area contributed by atoms with E-state index >= 15 is 0 Å². The summed E-state index contributed by atoms with van der Waals surface area (Å²) in [5.41, 5.74) is 0. The number of aliphatic hydroxyl groups excluding tert-OH is 2. The fourth-order valence-electron chi connectivity index (χ4n) is 3.94. The molecule has 1 aliphatic carbocycles. The van der Waals surface area contributed by atoms with Crippen molar-refractivity contribution in [2.24, 2.45) is 11.8 Å². The van der Waals surface area contributed by atoms with Crippen LogP contribution in [0.2, 0.25) is 0 Å². The number of aliphatic carboxylic acids is 1. The Kier molecular flexibility index (Phi) is 11.0. The zero-order chi connectivity index (χ0) is 18.7. The first-order valence-electron chi connectivity index (χ1n) is 10.1. The lowest BCUT2D eigenvalue weighted by Gasteiger charge is -2.22. The fraction of sp³-hybridized carbons (Fsp3) is 0.900. The summed E-state index contributed by atoms with van der Waals surface area (Å²) in [5, 5.41) is 28.9. The highest BCUT2D eigenvalue weighted by Gasteiger charge is 2.40. The first-order chi connectivity index (χ1) is 12.0. The summed E-state index contributed by atoms with van der Waals surface area (Å²) in [5.74, 6) is -0.708. The van der Waals surface area contributed by atoms with Crippen LogP contribution in [0.15, 0.2) is 0 Å². The van der Waals surface area contributed by atoms with Crippen LogP contribution in [-0.4, -0.2) is 39.3 Å². The molecule has 1 fully saturated rings. The average molecular weight is 357 g/mol. The Morgan fingerprint density at radius 1 is 1.08 bits per heavy atom. The Bertz CT molecular complexity index is 396. The SMILES string of the molecule is CCCCC[C@@H](O)CC[C@H]1[C@H](O)CC(=O)[C@@H]1CCCCCCC(=O)O. The molecule has 25 heavy (non-hydrogen) atoms. The van der Waals surface area contributed by atoms with Gasteiger partial charge in [0.15, 0.2) is 0 Å². The van der Waals surface area contributed by atoms with Gasteiger partial charge < -0.3 is 15.3 Å². The number of carbonyl (C=O) groups is 2. The molecule has 0 unspecified atom stereocenters. The maximum atomic E-state index is 12.2. The van der Waals surface area contributed by atoms with Crippen LogP contribution in [0.1, 0.15) is 90.4 Å². The lowest BCUT2D eigenvalue weighted by Crippen LogP contribution is -2.22. The van der Waals surface area contributed by atoms with Crippen LogP contribution in [0.5, 0.6) is 0 Å². The molecule has 5 nitrogen and oxygen atoms in total. The minimum atomic E-state index is -0.758. The van der Waals surface area contributed by atoms with E-state index in [1.165, 1.54) is 0 Å². The van der Waals surface area contributed by atoms with E-state index in [1.807, 2.05) is 0 Å². The first-order valence-corrected chi connectivity index (χ1v) is 10.1. The van der Waals surface area contributed by atoms with Crippen LogP contribution in [0.3, 0.4) is 0 Å². The molecule has 4 atom stereocenters. The lowest BCUT2D eigenvalue weighted by atomic mass is 9.85. The summed E-state index contributed by atoms with van der Waals surface area (Å²) in [4.78, 5) is 22.6. The molecule has 0 aromatic carbocycles. The molecule has 1 rings (SSSR count).